The van der Waals surface area contributed by atoms with Gasteiger partial charge in [0.1, 0.15) is 11.6 Å². The summed E-state index contributed by atoms with van der Waals surface area (Å²) in [4.78, 5) is 4.36. The van der Waals surface area contributed by atoms with Crippen molar-refractivity contribution in [2.45, 2.75) is 13.8 Å². The van der Waals surface area contributed by atoms with Gasteiger partial charge in [0.15, 0.2) is 0 Å². The number of ether oxygens (including phenoxy) is 1. The molecule has 0 unspecified atom stereocenters. The molecule has 0 spiro atoms. The van der Waals surface area contributed by atoms with Crippen LogP contribution < -0.4 is 4.74 Å². The van der Waals surface area contributed by atoms with Crippen LogP contribution >= 0.6 is 0 Å². The van der Waals surface area contributed by atoms with Crippen molar-refractivity contribution < 1.29 is 4.74 Å². The van der Waals surface area contributed by atoms with Gasteiger partial charge in [-0.2, -0.15) is 0 Å². The molecule has 0 saturated heterocycles. The van der Waals surface area contributed by atoms with Crippen molar-refractivity contribution >= 4 is 0 Å². The summed E-state index contributed by atoms with van der Waals surface area (Å²) < 4.78 is 7.82. The van der Waals surface area contributed by atoms with Gasteiger partial charge in [0.25, 0.3) is 0 Å². The van der Waals surface area contributed by atoms with E-state index in [-0.39, 0.29) is 0 Å². The van der Waals surface area contributed by atoms with Crippen LogP contribution in [0.15, 0.2) is 36.7 Å². The quantitative estimate of drug-likeness (QED) is 0.807. The van der Waals surface area contributed by atoms with Crippen LogP contribution in [0, 0.1) is 5.92 Å². The lowest BCUT2D eigenvalue weighted by Crippen LogP contribution is -2.06. The van der Waals surface area contributed by atoms with Crippen molar-refractivity contribution in [3.05, 3.63) is 36.7 Å². The number of nitrogens with zero attached hydrogens (tertiary/aromatic N) is 2. The Hall–Kier alpha value is -1.77. The van der Waals surface area contributed by atoms with E-state index in [1.165, 1.54) is 0 Å². The monoisotopic (exact) mass is 230 g/mol. The Morgan fingerprint density at radius 1 is 1.29 bits per heavy atom. The van der Waals surface area contributed by atoms with Crippen LogP contribution in [0.5, 0.6) is 5.75 Å². The van der Waals surface area contributed by atoms with E-state index in [4.69, 9.17) is 4.74 Å². The third-order valence-electron chi connectivity index (χ3n) is 2.52. The average Bonchev–Trinajstić information content (AvgIpc) is 2.73. The van der Waals surface area contributed by atoms with Gasteiger partial charge in [-0.1, -0.05) is 26.0 Å². The number of rotatable bonds is 4. The number of aryl methyl sites for hydroxylation is 1. The zero-order chi connectivity index (χ0) is 12.3. The fourth-order valence-electron chi connectivity index (χ4n) is 1.66. The van der Waals surface area contributed by atoms with Gasteiger partial charge in [-0.3, -0.25) is 0 Å². The first-order valence-electron chi connectivity index (χ1n) is 5.88. The molecule has 3 nitrogen and oxygen atoms in total. The maximum Gasteiger partial charge on any atom is 0.143 e. The van der Waals surface area contributed by atoms with Crippen molar-refractivity contribution in [2.24, 2.45) is 13.0 Å². The van der Waals surface area contributed by atoms with Crippen molar-refractivity contribution in [1.82, 2.24) is 9.55 Å². The minimum atomic E-state index is 0.518. The van der Waals surface area contributed by atoms with Gasteiger partial charge < -0.3 is 9.30 Å². The van der Waals surface area contributed by atoms with Crippen LogP contribution in [0.1, 0.15) is 13.8 Å². The second-order valence-corrected chi connectivity index (χ2v) is 4.56. The van der Waals surface area contributed by atoms with Gasteiger partial charge >= 0.3 is 0 Å². The first kappa shape index (κ1) is 11.7. The summed E-state index contributed by atoms with van der Waals surface area (Å²) in [5.41, 5.74) is 1.04. The Morgan fingerprint density at radius 2 is 2.06 bits per heavy atom. The molecule has 3 heteroatoms. The van der Waals surface area contributed by atoms with Gasteiger partial charge in [0, 0.05) is 19.4 Å². The SMILES string of the molecule is CC(C)COc1ccccc1-c1nccn1C. The summed E-state index contributed by atoms with van der Waals surface area (Å²) >= 11 is 0. The fraction of sp³-hybridized carbons (Fsp3) is 0.357. The molecule has 0 aliphatic heterocycles. The van der Waals surface area contributed by atoms with Crippen LogP contribution in [0.3, 0.4) is 0 Å². The molecule has 0 aliphatic rings. The largest absolute Gasteiger partial charge is 0.493 e. The molecule has 0 amide bonds. The van der Waals surface area contributed by atoms with E-state index in [2.05, 4.69) is 18.8 Å². The zero-order valence-electron chi connectivity index (χ0n) is 10.6. The number of aromatic nitrogens is 2. The molecule has 0 radical (unpaired) electrons. The molecular weight excluding hydrogens is 212 g/mol. The zero-order valence-corrected chi connectivity index (χ0v) is 10.6. The van der Waals surface area contributed by atoms with Crippen LogP contribution in [0.2, 0.25) is 0 Å². The predicted octanol–water partition coefficient (Wildman–Crippen LogP) is 3.12. The topological polar surface area (TPSA) is 27.1 Å². The molecule has 1 heterocycles. The van der Waals surface area contributed by atoms with Crippen LogP contribution in [-0.4, -0.2) is 16.2 Å². The van der Waals surface area contributed by atoms with Crippen molar-refractivity contribution in [1.29, 1.82) is 0 Å². The highest BCUT2D eigenvalue weighted by atomic mass is 16.5. The Labute approximate surface area is 102 Å². The van der Waals surface area contributed by atoms with Crippen molar-refractivity contribution in [2.75, 3.05) is 6.61 Å². The standard InChI is InChI=1S/C14H18N2O/c1-11(2)10-17-13-7-5-4-6-12(13)14-15-8-9-16(14)3/h4-9,11H,10H2,1-3H3. The maximum absolute atomic E-state index is 5.82. The highest BCUT2D eigenvalue weighted by molar-refractivity contribution is 5.64. The highest BCUT2D eigenvalue weighted by Gasteiger charge is 2.10. The summed E-state index contributed by atoms with van der Waals surface area (Å²) in [5.74, 6) is 2.35. The van der Waals surface area contributed by atoms with E-state index < -0.39 is 0 Å². The lowest BCUT2D eigenvalue weighted by Gasteiger charge is -2.12. The van der Waals surface area contributed by atoms with Gasteiger partial charge in [-0.05, 0) is 18.1 Å². The summed E-state index contributed by atoms with van der Waals surface area (Å²) in [5, 5.41) is 0. The molecule has 90 valence electrons. The molecule has 2 aromatic rings. The molecule has 1 aromatic heterocycles. The average molecular weight is 230 g/mol. The third-order valence-corrected chi connectivity index (χ3v) is 2.52. The molecule has 0 fully saturated rings. The van der Waals surface area contributed by atoms with Crippen LogP contribution in [0.25, 0.3) is 11.4 Å². The van der Waals surface area contributed by atoms with E-state index in [1.54, 1.807) is 6.20 Å². The molecule has 0 saturated carbocycles. The minimum absolute atomic E-state index is 0.518. The highest BCUT2D eigenvalue weighted by Crippen LogP contribution is 2.28. The Balaban J connectivity index is 2.31. The van der Waals surface area contributed by atoms with E-state index in [0.29, 0.717) is 5.92 Å². The number of para-hydroxylation sites is 1. The minimum Gasteiger partial charge on any atom is -0.493 e. The van der Waals surface area contributed by atoms with E-state index in [9.17, 15) is 0 Å². The van der Waals surface area contributed by atoms with Gasteiger partial charge in [0.2, 0.25) is 0 Å². The van der Waals surface area contributed by atoms with E-state index in [0.717, 1.165) is 23.7 Å². The molecule has 17 heavy (non-hydrogen) atoms. The lowest BCUT2D eigenvalue weighted by atomic mass is 10.2. The van der Waals surface area contributed by atoms with E-state index in [1.807, 2.05) is 42.1 Å². The number of imidazole rings is 1. The summed E-state index contributed by atoms with van der Waals surface area (Å²) in [6.07, 6.45) is 3.74. The number of hydrogen-bond donors (Lipinski definition) is 0. The second kappa shape index (κ2) is 5.04. The Bertz CT molecular complexity index is 488. The van der Waals surface area contributed by atoms with Crippen molar-refractivity contribution in [3.63, 3.8) is 0 Å². The van der Waals surface area contributed by atoms with Crippen molar-refractivity contribution in [3.8, 4) is 17.1 Å². The Morgan fingerprint density at radius 3 is 2.71 bits per heavy atom. The molecule has 0 bridgehead atoms. The van der Waals surface area contributed by atoms with E-state index >= 15 is 0 Å². The van der Waals surface area contributed by atoms with Gasteiger partial charge in [0.05, 0.1) is 12.2 Å². The van der Waals surface area contributed by atoms with Crippen LogP contribution in [-0.2, 0) is 7.05 Å². The lowest BCUT2D eigenvalue weighted by molar-refractivity contribution is 0.272. The summed E-state index contributed by atoms with van der Waals surface area (Å²) in [6.45, 7) is 5.01. The molecule has 0 atom stereocenters. The van der Waals surface area contributed by atoms with Gasteiger partial charge in [-0.15, -0.1) is 0 Å². The number of hydrogen-bond acceptors (Lipinski definition) is 2. The number of benzene rings is 1. The smallest absolute Gasteiger partial charge is 0.143 e. The normalized spacial score (nSPS) is 10.8. The Kier molecular flexibility index (Phi) is 3.47. The summed E-state index contributed by atoms with van der Waals surface area (Å²) in [6, 6.07) is 8.03. The first-order chi connectivity index (χ1) is 8.18. The molecule has 2 rings (SSSR count). The predicted molar refractivity (Wildman–Crippen MR) is 69.0 cm³/mol. The van der Waals surface area contributed by atoms with Crippen LogP contribution in [0.4, 0.5) is 0 Å². The fourth-order valence-corrected chi connectivity index (χ4v) is 1.66. The molecule has 1 aromatic carbocycles. The maximum atomic E-state index is 5.82. The second-order valence-electron chi connectivity index (χ2n) is 4.56. The molecule has 0 N–H and O–H groups in total. The molecule has 0 aliphatic carbocycles. The molecular formula is C14H18N2O. The third kappa shape index (κ3) is 2.67. The summed E-state index contributed by atoms with van der Waals surface area (Å²) in [7, 11) is 1.99. The van der Waals surface area contributed by atoms with Gasteiger partial charge in [-0.25, -0.2) is 4.98 Å². The first-order valence-corrected chi connectivity index (χ1v) is 5.88.